The summed E-state index contributed by atoms with van der Waals surface area (Å²) in [4.78, 5) is 4.40. The molecule has 1 heterocycles. The Kier molecular flexibility index (Phi) is 3.37. The van der Waals surface area contributed by atoms with Crippen LogP contribution in [0.1, 0.15) is 36.9 Å². The Hall–Kier alpha value is -0.890. The summed E-state index contributed by atoms with van der Waals surface area (Å²) in [5.41, 5.74) is 2.40. The number of rotatable bonds is 2. The fourth-order valence-corrected chi connectivity index (χ4v) is 2.41. The highest BCUT2D eigenvalue weighted by atomic mass is 16.3. The molecule has 82 valence electrons. The molecule has 1 saturated carbocycles. The summed E-state index contributed by atoms with van der Waals surface area (Å²) in [7, 11) is 0. The number of aromatic nitrogens is 1. The SMILES string of the molecule is Cc1cccnc1CC1CCCCC1O. The first kappa shape index (κ1) is 10.6. The molecule has 1 aromatic heterocycles. The average Bonchev–Trinajstić information content (AvgIpc) is 2.24. The minimum absolute atomic E-state index is 0.111. The highest BCUT2D eigenvalue weighted by Crippen LogP contribution is 2.27. The van der Waals surface area contributed by atoms with E-state index >= 15 is 0 Å². The van der Waals surface area contributed by atoms with Crippen LogP contribution in [0, 0.1) is 12.8 Å². The van der Waals surface area contributed by atoms with Gasteiger partial charge in [-0.25, -0.2) is 0 Å². The van der Waals surface area contributed by atoms with Crippen molar-refractivity contribution in [3.8, 4) is 0 Å². The smallest absolute Gasteiger partial charge is 0.0572 e. The predicted octanol–water partition coefficient (Wildman–Crippen LogP) is 2.48. The first-order valence-electron chi connectivity index (χ1n) is 5.86. The van der Waals surface area contributed by atoms with Crippen molar-refractivity contribution in [2.75, 3.05) is 0 Å². The van der Waals surface area contributed by atoms with E-state index in [1.54, 1.807) is 0 Å². The molecule has 0 aliphatic heterocycles. The van der Waals surface area contributed by atoms with E-state index in [2.05, 4.69) is 18.0 Å². The van der Waals surface area contributed by atoms with Gasteiger partial charge in [0.2, 0.25) is 0 Å². The average molecular weight is 205 g/mol. The highest BCUT2D eigenvalue weighted by Gasteiger charge is 2.23. The maximum Gasteiger partial charge on any atom is 0.0572 e. The van der Waals surface area contributed by atoms with Crippen LogP contribution in [0.3, 0.4) is 0 Å². The van der Waals surface area contributed by atoms with E-state index in [1.165, 1.54) is 18.4 Å². The molecule has 1 aliphatic carbocycles. The van der Waals surface area contributed by atoms with Gasteiger partial charge in [-0.15, -0.1) is 0 Å². The van der Waals surface area contributed by atoms with Crippen molar-refractivity contribution >= 4 is 0 Å². The monoisotopic (exact) mass is 205 g/mol. The summed E-state index contributed by atoms with van der Waals surface area (Å²) in [5.74, 6) is 0.423. The standard InChI is InChI=1S/C13H19NO/c1-10-5-4-8-14-12(10)9-11-6-2-3-7-13(11)15/h4-5,8,11,13,15H,2-3,6-7,9H2,1H3. The number of aryl methyl sites for hydroxylation is 1. The van der Waals surface area contributed by atoms with Gasteiger partial charge in [0.05, 0.1) is 6.10 Å². The molecule has 1 N–H and O–H groups in total. The molecule has 0 aromatic carbocycles. The van der Waals surface area contributed by atoms with Crippen molar-refractivity contribution < 1.29 is 5.11 Å². The summed E-state index contributed by atoms with van der Waals surface area (Å²) in [6.45, 7) is 2.09. The van der Waals surface area contributed by atoms with Crippen LogP contribution in [-0.2, 0) is 6.42 Å². The zero-order valence-electron chi connectivity index (χ0n) is 9.32. The molecular weight excluding hydrogens is 186 g/mol. The maximum absolute atomic E-state index is 9.89. The van der Waals surface area contributed by atoms with Gasteiger partial charge in [0, 0.05) is 11.9 Å². The maximum atomic E-state index is 9.89. The lowest BCUT2D eigenvalue weighted by atomic mass is 9.83. The third kappa shape index (κ3) is 2.57. The lowest BCUT2D eigenvalue weighted by molar-refractivity contribution is 0.0694. The summed E-state index contributed by atoms with van der Waals surface area (Å²) in [6, 6.07) is 4.06. The van der Waals surface area contributed by atoms with E-state index < -0.39 is 0 Å². The van der Waals surface area contributed by atoms with Gasteiger partial charge in [-0.1, -0.05) is 18.9 Å². The van der Waals surface area contributed by atoms with Crippen molar-refractivity contribution in [3.05, 3.63) is 29.6 Å². The van der Waals surface area contributed by atoms with Crippen LogP contribution in [0.2, 0.25) is 0 Å². The van der Waals surface area contributed by atoms with E-state index in [1.807, 2.05) is 12.3 Å². The number of aliphatic hydroxyl groups excluding tert-OH is 1. The lowest BCUT2D eigenvalue weighted by Gasteiger charge is -2.27. The van der Waals surface area contributed by atoms with Gasteiger partial charge in [0.25, 0.3) is 0 Å². The van der Waals surface area contributed by atoms with E-state index in [0.29, 0.717) is 5.92 Å². The Balaban J connectivity index is 2.04. The molecular formula is C13H19NO. The predicted molar refractivity (Wildman–Crippen MR) is 60.6 cm³/mol. The van der Waals surface area contributed by atoms with Gasteiger partial charge < -0.3 is 5.11 Å². The Morgan fingerprint density at radius 2 is 2.20 bits per heavy atom. The number of aliphatic hydroxyl groups is 1. The molecule has 0 spiro atoms. The van der Waals surface area contributed by atoms with Crippen molar-refractivity contribution in [3.63, 3.8) is 0 Å². The molecule has 0 saturated heterocycles. The molecule has 15 heavy (non-hydrogen) atoms. The summed E-state index contributed by atoms with van der Waals surface area (Å²) < 4.78 is 0. The second kappa shape index (κ2) is 4.75. The molecule has 0 bridgehead atoms. The molecule has 2 heteroatoms. The van der Waals surface area contributed by atoms with E-state index in [4.69, 9.17) is 0 Å². The molecule has 2 nitrogen and oxygen atoms in total. The Morgan fingerprint density at radius 3 is 2.93 bits per heavy atom. The van der Waals surface area contributed by atoms with Crippen LogP contribution in [-0.4, -0.2) is 16.2 Å². The summed E-state index contributed by atoms with van der Waals surface area (Å²) in [6.07, 6.45) is 7.23. The van der Waals surface area contributed by atoms with E-state index in [0.717, 1.165) is 25.0 Å². The molecule has 2 unspecified atom stereocenters. The number of hydrogen-bond acceptors (Lipinski definition) is 2. The van der Waals surface area contributed by atoms with Gasteiger partial charge in [-0.05, 0) is 43.7 Å². The van der Waals surface area contributed by atoms with Crippen molar-refractivity contribution in [1.82, 2.24) is 4.98 Å². The Labute approximate surface area is 91.4 Å². The molecule has 1 fully saturated rings. The van der Waals surface area contributed by atoms with Crippen LogP contribution < -0.4 is 0 Å². The van der Waals surface area contributed by atoms with Gasteiger partial charge in [0.1, 0.15) is 0 Å². The first-order chi connectivity index (χ1) is 7.27. The van der Waals surface area contributed by atoms with Gasteiger partial charge in [-0.3, -0.25) is 4.98 Å². The minimum Gasteiger partial charge on any atom is -0.393 e. The van der Waals surface area contributed by atoms with Crippen LogP contribution >= 0.6 is 0 Å². The second-order valence-electron chi connectivity index (χ2n) is 4.58. The third-order valence-corrected chi connectivity index (χ3v) is 3.44. The number of pyridine rings is 1. The summed E-state index contributed by atoms with van der Waals surface area (Å²) >= 11 is 0. The fraction of sp³-hybridized carbons (Fsp3) is 0.615. The van der Waals surface area contributed by atoms with Crippen molar-refractivity contribution in [2.24, 2.45) is 5.92 Å². The van der Waals surface area contributed by atoms with Gasteiger partial charge in [-0.2, -0.15) is 0 Å². The highest BCUT2D eigenvalue weighted by molar-refractivity contribution is 5.18. The molecule has 0 amide bonds. The molecule has 1 aromatic rings. The molecule has 2 rings (SSSR count). The minimum atomic E-state index is -0.111. The van der Waals surface area contributed by atoms with E-state index in [9.17, 15) is 5.11 Å². The second-order valence-corrected chi connectivity index (χ2v) is 4.58. The normalized spacial score (nSPS) is 26.5. The van der Waals surface area contributed by atoms with Crippen LogP contribution in [0.15, 0.2) is 18.3 Å². The number of hydrogen-bond donors (Lipinski definition) is 1. The van der Waals surface area contributed by atoms with Crippen molar-refractivity contribution in [2.45, 2.75) is 45.1 Å². The van der Waals surface area contributed by atoms with Crippen LogP contribution in [0.4, 0.5) is 0 Å². The zero-order chi connectivity index (χ0) is 10.7. The fourth-order valence-electron chi connectivity index (χ4n) is 2.41. The Bertz CT molecular complexity index is 324. The Morgan fingerprint density at radius 1 is 1.40 bits per heavy atom. The first-order valence-corrected chi connectivity index (χ1v) is 5.86. The molecule has 1 aliphatic rings. The van der Waals surface area contributed by atoms with Gasteiger partial charge in [0.15, 0.2) is 0 Å². The lowest BCUT2D eigenvalue weighted by Crippen LogP contribution is -2.26. The van der Waals surface area contributed by atoms with Gasteiger partial charge >= 0.3 is 0 Å². The topological polar surface area (TPSA) is 33.1 Å². The largest absolute Gasteiger partial charge is 0.393 e. The van der Waals surface area contributed by atoms with Crippen LogP contribution in [0.5, 0.6) is 0 Å². The zero-order valence-corrected chi connectivity index (χ0v) is 9.32. The van der Waals surface area contributed by atoms with E-state index in [-0.39, 0.29) is 6.10 Å². The quantitative estimate of drug-likeness (QED) is 0.804. The summed E-state index contributed by atoms with van der Waals surface area (Å²) in [5, 5.41) is 9.89. The number of nitrogens with zero attached hydrogens (tertiary/aromatic N) is 1. The molecule has 0 radical (unpaired) electrons. The third-order valence-electron chi connectivity index (χ3n) is 3.44. The van der Waals surface area contributed by atoms with Crippen molar-refractivity contribution in [1.29, 1.82) is 0 Å². The molecule has 2 atom stereocenters. The van der Waals surface area contributed by atoms with Crippen LogP contribution in [0.25, 0.3) is 0 Å².